The molecular formula is C19H26FN3O4S. The van der Waals surface area contributed by atoms with Gasteiger partial charge in [-0.2, -0.15) is 4.31 Å². The summed E-state index contributed by atoms with van der Waals surface area (Å²) >= 11 is 0. The van der Waals surface area contributed by atoms with E-state index >= 15 is 0 Å². The zero-order valence-electron chi connectivity index (χ0n) is 16.2. The molecule has 28 heavy (non-hydrogen) atoms. The molecule has 1 aromatic rings. The van der Waals surface area contributed by atoms with Crippen molar-refractivity contribution in [2.24, 2.45) is 0 Å². The van der Waals surface area contributed by atoms with Gasteiger partial charge in [-0.15, -0.1) is 0 Å². The first kappa shape index (κ1) is 20.7. The lowest BCUT2D eigenvalue weighted by molar-refractivity contribution is -0.154. The molecular weight excluding hydrogens is 385 g/mol. The minimum Gasteiger partial charge on any atom is -0.351 e. The lowest BCUT2D eigenvalue weighted by Crippen LogP contribution is -2.69. The SMILES string of the molecule is C[C@@]1(C(=O)NC2CCCC2)CN(S(C)(=O)=O)CC(=O)N1Cc1cccc(F)c1. The summed E-state index contributed by atoms with van der Waals surface area (Å²) in [7, 11) is -3.65. The van der Waals surface area contributed by atoms with Crippen LogP contribution in [-0.2, 0) is 26.2 Å². The molecule has 1 saturated heterocycles. The third kappa shape index (κ3) is 4.35. The van der Waals surface area contributed by atoms with Gasteiger partial charge in [0, 0.05) is 19.1 Å². The average Bonchev–Trinajstić information content (AvgIpc) is 3.10. The summed E-state index contributed by atoms with van der Waals surface area (Å²) in [6.07, 6.45) is 4.83. The van der Waals surface area contributed by atoms with Gasteiger partial charge in [-0.25, -0.2) is 12.8 Å². The summed E-state index contributed by atoms with van der Waals surface area (Å²) < 4.78 is 38.8. The predicted octanol–water partition coefficient (Wildman–Crippen LogP) is 1.25. The average molecular weight is 411 g/mol. The highest BCUT2D eigenvalue weighted by Gasteiger charge is 2.49. The quantitative estimate of drug-likeness (QED) is 0.790. The molecule has 2 amide bonds. The maximum atomic E-state index is 13.6. The summed E-state index contributed by atoms with van der Waals surface area (Å²) in [5.41, 5.74) is -0.839. The van der Waals surface area contributed by atoms with E-state index in [-0.39, 0.29) is 31.6 Å². The Morgan fingerprint density at radius 2 is 2.00 bits per heavy atom. The molecule has 3 rings (SSSR count). The van der Waals surface area contributed by atoms with Crippen molar-refractivity contribution in [1.82, 2.24) is 14.5 Å². The fourth-order valence-electron chi connectivity index (χ4n) is 3.92. The van der Waals surface area contributed by atoms with Crippen LogP contribution < -0.4 is 5.32 Å². The molecule has 0 unspecified atom stereocenters. The van der Waals surface area contributed by atoms with Crippen molar-refractivity contribution in [2.75, 3.05) is 19.3 Å². The zero-order chi connectivity index (χ0) is 20.5. The third-order valence-corrected chi connectivity index (χ3v) is 6.77. The number of benzene rings is 1. The van der Waals surface area contributed by atoms with Crippen molar-refractivity contribution in [3.63, 3.8) is 0 Å². The van der Waals surface area contributed by atoms with Gasteiger partial charge >= 0.3 is 0 Å². The molecule has 1 atom stereocenters. The van der Waals surface area contributed by atoms with E-state index in [1.54, 1.807) is 13.0 Å². The van der Waals surface area contributed by atoms with Crippen LogP contribution in [0.2, 0.25) is 0 Å². The van der Waals surface area contributed by atoms with E-state index in [0.29, 0.717) is 5.56 Å². The Balaban J connectivity index is 1.91. The second kappa shape index (κ2) is 7.79. The van der Waals surface area contributed by atoms with Crippen LogP contribution >= 0.6 is 0 Å². The van der Waals surface area contributed by atoms with Crippen LogP contribution in [0.5, 0.6) is 0 Å². The van der Waals surface area contributed by atoms with Crippen LogP contribution in [0, 0.1) is 5.82 Å². The fraction of sp³-hybridized carbons (Fsp3) is 0.579. The van der Waals surface area contributed by atoms with Gasteiger partial charge in [-0.1, -0.05) is 25.0 Å². The van der Waals surface area contributed by atoms with E-state index in [9.17, 15) is 22.4 Å². The third-order valence-electron chi connectivity index (χ3n) is 5.57. The van der Waals surface area contributed by atoms with Gasteiger partial charge < -0.3 is 10.2 Å². The van der Waals surface area contributed by atoms with Crippen LogP contribution in [-0.4, -0.2) is 60.4 Å². The maximum Gasteiger partial charge on any atom is 0.247 e. The molecule has 1 aromatic carbocycles. The molecule has 1 saturated carbocycles. The topological polar surface area (TPSA) is 86.8 Å². The Labute approximate surface area is 164 Å². The van der Waals surface area contributed by atoms with Crippen LogP contribution in [0.25, 0.3) is 0 Å². The first-order valence-electron chi connectivity index (χ1n) is 9.40. The Bertz CT molecular complexity index is 870. The highest BCUT2D eigenvalue weighted by molar-refractivity contribution is 7.88. The molecule has 1 aliphatic heterocycles. The smallest absolute Gasteiger partial charge is 0.247 e. The highest BCUT2D eigenvalue weighted by atomic mass is 32.2. The van der Waals surface area contributed by atoms with Gasteiger partial charge in [0.2, 0.25) is 21.8 Å². The van der Waals surface area contributed by atoms with E-state index < -0.39 is 27.3 Å². The molecule has 9 heteroatoms. The molecule has 154 valence electrons. The molecule has 7 nitrogen and oxygen atoms in total. The largest absolute Gasteiger partial charge is 0.351 e. The van der Waals surface area contributed by atoms with Crippen LogP contribution in [0.4, 0.5) is 4.39 Å². The minimum absolute atomic E-state index is 0.0305. The summed E-state index contributed by atoms with van der Waals surface area (Å²) in [4.78, 5) is 27.4. The molecule has 2 fully saturated rings. The number of rotatable bonds is 5. The van der Waals surface area contributed by atoms with E-state index in [4.69, 9.17) is 0 Å². The number of hydrogen-bond acceptors (Lipinski definition) is 4. The van der Waals surface area contributed by atoms with Gasteiger partial charge in [-0.05, 0) is 37.5 Å². The van der Waals surface area contributed by atoms with Gasteiger partial charge in [0.1, 0.15) is 11.4 Å². The molecule has 2 aliphatic rings. The van der Waals surface area contributed by atoms with Crippen molar-refractivity contribution in [3.05, 3.63) is 35.6 Å². The van der Waals surface area contributed by atoms with Crippen LogP contribution in [0.15, 0.2) is 24.3 Å². The van der Waals surface area contributed by atoms with Crippen LogP contribution in [0.1, 0.15) is 38.2 Å². The number of carbonyl (C=O) groups is 2. The summed E-state index contributed by atoms with van der Waals surface area (Å²) in [5, 5.41) is 2.98. The van der Waals surface area contributed by atoms with Crippen molar-refractivity contribution in [2.45, 2.75) is 50.7 Å². The van der Waals surface area contributed by atoms with E-state index in [1.807, 2.05) is 0 Å². The Hall–Kier alpha value is -2.00. The number of nitrogens with zero attached hydrogens (tertiary/aromatic N) is 2. The van der Waals surface area contributed by atoms with E-state index in [0.717, 1.165) is 36.2 Å². The van der Waals surface area contributed by atoms with Crippen molar-refractivity contribution >= 4 is 21.8 Å². The molecule has 0 bridgehead atoms. The minimum atomic E-state index is -3.65. The summed E-state index contributed by atoms with van der Waals surface area (Å²) in [5.74, 6) is -1.29. The van der Waals surface area contributed by atoms with Crippen molar-refractivity contribution in [1.29, 1.82) is 0 Å². The van der Waals surface area contributed by atoms with Gasteiger partial charge in [0.05, 0.1) is 12.8 Å². The lowest BCUT2D eigenvalue weighted by Gasteiger charge is -2.47. The number of carbonyl (C=O) groups excluding carboxylic acids is 2. The number of piperazine rings is 1. The van der Waals surface area contributed by atoms with E-state index in [1.165, 1.54) is 23.1 Å². The monoisotopic (exact) mass is 411 g/mol. The Morgan fingerprint density at radius 1 is 1.32 bits per heavy atom. The Morgan fingerprint density at radius 3 is 2.61 bits per heavy atom. The highest BCUT2D eigenvalue weighted by Crippen LogP contribution is 2.28. The standard InChI is InChI=1S/C19H26FN3O4S/c1-19(18(25)21-16-8-3-4-9-16)13-22(28(2,26)27)12-17(24)23(19)11-14-6-5-7-15(20)10-14/h5-7,10,16H,3-4,8-9,11-13H2,1-2H3,(H,21,25)/t19-/m0/s1. The van der Waals surface area contributed by atoms with Crippen molar-refractivity contribution in [3.8, 4) is 0 Å². The maximum absolute atomic E-state index is 13.6. The zero-order valence-corrected chi connectivity index (χ0v) is 17.0. The number of halogens is 1. The summed E-state index contributed by atoms with van der Waals surface area (Å²) in [6.45, 7) is 1.14. The second-order valence-electron chi connectivity index (χ2n) is 7.87. The Kier molecular flexibility index (Phi) is 5.77. The predicted molar refractivity (Wildman–Crippen MR) is 102 cm³/mol. The molecule has 1 aliphatic carbocycles. The molecule has 0 radical (unpaired) electrons. The molecule has 1 N–H and O–H groups in total. The number of hydrogen-bond donors (Lipinski definition) is 1. The first-order chi connectivity index (χ1) is 13.1. The van der Waals surface area contributed by atoms with Gasteiger partial charge in [-0.3, -0.25) is 9.59 Å². The van der Waals surface area contributed by atoms with Crippen LogP contribution in [0.3, 0.4) is 0 Å². The number of amides is 2. The first-order valence-corrected chi connectivity index (χ1v) is 11.3. The molecule has 1 heterocycles. The molecule has 0 aromatic heterocycles. The van der Waals surface area contributed by atoms with Gasteiger partial charge in [0.15, 0.2) is 0 Å². The number of sulfonamides is 1. The lowest BCUT2D eigenvalue weighted by atomic mass is 9.94. The normalized spacial score (nSPS) is 24.5. The van der Waals surface area contributed by atoms with Gasteiger partial charge in [0.25, 0.3) is 0 Å². The number of nitrogens with one attached hydrogen (secondary N) is 1. The van der Waals surface area contributed by atoms with Crippen molar-refractivity contribution < 1.29 is 22.4 Å². The molecule has 0 spiro atoms. The fourth-order valence-corrected chi connectivity index (χ4v) is 4.75. The second-order valence-corrected chi connectivity index (χ2v) is 9.85. The summed E-state index contributed by atoms with van der Waals surface area (Å²) in [6, 6.07) is 5.86. The van der Waals surface area contributed by atoms with E-state index in [2.05, 4.69) is 5.32 Å².